The Kier molecular flexibility index (Phi) is 8.46. The van der Waals surface area contributed by atoms with Crippen LogP contribution in [0.3, 0.4) is 0 Å². The average molecular weight is 318 g/mol. The number of nitrogens with one attached hydrogen (secondary N) is 1. The van der Waals surface area contributed by atoms with Crippen molar-refractivity contribution in [3.05, 3.63) is 0 Å². The van der Waals surface area contributed by atoms with E-state index in [2.05, 4.69) is 5.32 Å². The highest BCUT2D eigenvalue weighted by atomic mass is 35.5. The van der Waals surface area contributed by atoms with Gasteiger partial charge in [0.25, 0.3) is 0 Å². The van der Waals surface area contributed by atoms with Gasteiger partial charge in [0, 0.05) is 6.54 Å². The van der Waals surface area contributed by atoms with Crippen LogP contribution in [-0.2, 0) is 4.79 Å². The number of amides is 1. The zero-order valence-corrected chi connectivity index (χ0v) is 12.4. The van der Waals surface area contributed by atoms with Gasteiger partial charge < -0.3 is 11.1 Å². The van der Waals surface area contributed by atoms with Crippen molar-refractivity contribution >= 4 is 18.3 Å². The van der Waals surface area contributed by atoms with Crippen LogP contribution in [0.2, 0.25) is 0 Å². The molecule has 1 rings (SSSR count). The molecule has 20 heavy (non-hydrogen) atoms. The first-order valence-electron chi connectivity index (χ1n) is 6.60. The summed E-state index contributed by atoms with van der Waals surface area (Å²) < 4.78 is 36.6. The first kappa shape index (κ1) is 19.5. The second kappa shape index (κ2) is 8.69. The maximum atomic E-state index is 12.2. The van der Waals surface area contributed by atoms with Gasteiger partial charge >= 0.3 is 6.18 Å². The third-order valence-corrected chi connectivity index (χ3v) is 3.38. The summed E-state index contributed by atoms with van der Waals surface area (Å²) in [5, 5.41) is 2.72. The fourth-order valence-corrected chi connectivity index (χ4v) is 2.25. The predicted molar refractivity (Wildman–Crippen MR) is 73.7 cm³/mol. The minimum Gasteiger partial charge on any atom is -0.355 e. The number of halogens is 4. The number of carbonyl (C=O) groups excluding carboxylic acids is 1. The van der Waals surface area contributed by atoms with E-state index in [1.165, 1.54) is 4.90 Å². The lowest BCUT2D eigenvalue weighted by Crippen LogP contribution is -2.41. The minimum absolute atomic E-state index is 0. The van der Waals surface area contributed by atoms with Gasteiger partial charge in [0.05, 0.1) is 12.6 Å². The summed E-state index contributed by atoms with van der Waals surface area (Å²) in [7, 11) is 0. The smallest absolute Gasteiger partial charge is 0.355 e. The number of likely N-dealkylation sites (tertiary alicyclic amines) is 1. The molecule has 3 N–H and O–H groups in total. The monoisotopic (exact) mass is 317 g/mol. The molecule has 1 saturated heterocycles. The zero-order chi connectivity index (χ0) is 14.5. The van der Waals surface area contributed by atoms with Crippen molar-refractivity contribution in [3.8, 4) is 0 Å². The Morgan fingerprint density at radius 2 is 1.95 bits per heavy atom. The van der Waals surface area contributed by atoms with Gasteiger partial charge in [0.2, 0.25) is 5.91 Å². The van der Waals surface area contributed by atoms with Crippen molar-refractivity contribution in [1.29, 1.82) is 0 Å². The Morgan fingerprint density at radius 3 is 2.40 bits per heavy atom. The van der Waals surface area contributed by atoms with Crippen LogP contribution < -0.4 is 11.1 Å². The summed E-state index contributed by atoms with van der Waals surface area (Å²) in [5.74, 6) is 0.201. The van der Waals surface area contributed by atoms with Crippen molar-refractivity contribution in [3.63, 3.8) is 0 Å². The van der Waals surface area contributed by atoms with Crippen LogP contribution in [0.15, 0.2) is 0 Å². The van der Waals surface area contributed by atoms with Crippen LogP contribution in [0.25, 0.3) is 0 Å². The van der Waals surface area contributed by atoms with Gasteiger partial charge in [-0.1, -0.05) is 0 Å². The third-order valence-electron chi connectivity index (χ3n) is 3.38. The normalized spacial score (nSPS) is 19.2. The first-order chi connectivity index (χ1) is 8.78. The summed E-state index contributed by atoms with van der Waals surface area (Å²) >= 11 is 0. The number of alkyl halides is 3. The van der Waals surface area contributed by atoms with Crippen LogP contribution in [0, 0.1) is 5.92 Å². The molecule has 1 aliphatic rings. The largest absolute Gasteiger partial charge is 0.401 e. The Morgan fingerprint density at radius 1 is 1.40 bits per heavy atom. The summed E-state index contributed by atoms with van der Waals surface area (Å²) in [6.45, 7) is 2.30. The summed E-state index contributed by atoms with van der Waals surface area (Å²) in [6, 6.07) is -0.520. The Bertz CT molecular complexity index is 292. The molecule has 0 saturated carbocycles. The topological polar surface area (TPSA) is 58.4 Å². The first-order valence-corrected chi connectivity index (χ1v) is 6.60. The molecule has 1 aliphatic heterocycles. The molecule has 0 aliphatic carbocycles. The number of carbonyl (C=O) groups is 1. The Labute approximate surface area is 123 Å². The SMILES string of the molecule is CC(N)C(=O)NCCC1CCN(CC(F)(F)F)CC1.Cl. The number of hydrogen-bond donors (Lipinski definition) is 2. The van der Waals surface area contributed by atoms with Gasteiger partial charge in [-0.2, -0.15) is 13.2 Å². The second-order valence-corrected chi connectivity index (χ2v) is 5.20. The molecule has 4 nitrogen and oxygen atoms in total. The van der Waals surface area contributed by atoms with Crippen LogP contribution in [0.4, 0.5) is 13.2 Å². The van der Waals surface area contributed by atoms with Crippen LogP contribution in [0.1, 0.15) is 26.2 Å². The minimum atomic E-state index is -4.11. The summed E-state index contributed by atoms with van der Waals surface area (Å²) in [4.78, 5) is 12.7. The molecule has 1 amide bonds. The Hall–Kier alpha value is -0.530. The van der Waals surface area contributed by atoms with Gasteiger partial charge in [-0.15, -0.1) is 12.4 Å². The molecule has 0 spiro atoms. The van der Waals surface area contributed by atoms with Gasteiger partial charge in [-0.05, 0) is 45.2 Å². The molecular weight excluding hydrogens is 295 g/mol. The van der Waals surface area contributed by atoms with Crippen LogP contribution in [0.5, 0.6) is 0 Å². The second-order valence-electron chi connectivity index (χ2n) is 5.20. The number of hydrogen-bond acceptors (Lipinski definition) is 3. The van der Waals surface area contributed by atoms with Gasteiger partial charge in [-0.25, -0.2) is 0 Å². The van der Waals surface area contributed by atoms with Crippen molar-refractivity contribution in [2.75, 3.05) is 26.2 Å². The van der Waals surface area contributed by atoms with E-state index in [0.29, 0.717) is 25.6 Å². The van der Waals surface area contributed by atoms with E-state index in [4.69, 9.17) is 5.73 Å². The molecule has 0 aromatic carbocycles. The maximum absolute atomic E-state index is 12.2. The van der Waals surface area contributed by atoms with E-state index >= 15 is 0 Å². The molecule has 0 bridgehead atoms. The molecular formula is C12H23ClF3N3O. The Balaban J connectivity index is 0.00000361. The molecule has 8 heteroatoms. The maximum Gasteiger partial charge on any atom is 0.401 e. The average Bonchev–Trinajstić information content (AvgIpc) is 2.29. The molecule has 0 aromatic rings. The predicted octanol–water partition coefficient (Wildman–Crippen LogP) is 1.54. The third kappa shape index (κ3) is 7.91. The number of nitrogens with two attached hydrogens (primary N) is 1. The lowest BCUT2D eigenvalue weighted by atomic mass is 9.93. The number of piperidine rings is 1. The summed E-state index contributed by atoms with van der Waals surface area (Å²) in [5.41, 5.74) is 5.41. The standard InChI is InChI=1S/C12H22F3N3O.ClH/c1-9(16)11(19)17-5-2-10-3-6-18(7-4-10)8-12(13,14)15;/h9-10H,2-8,16H2,1H3,(H,17,19);1H. The van der Waals surface area contributed by atoms with Crippen molar-refractivity contribution < 1.29 is 18.0 Å². The molecule has 0 radical (unpaired) electrons. The molecule has 1 unspecified atom stereocenters. The van der Waals surface area contributed by atoms with Gasteiger partial charge in [-0.3, -0.25) is 9.69 Å². The fraction of sp³-hybridized carbons (Fsp3) is 0.917. The van der Waals surface area contributed by atoms with Crippen molar-refractivity contribution in [2.45, 2.75) is 38.4 Å². The van der Waals surface area contributed by atoms with Crippen LogP contribution >= 0.6 is 12.4 Å². The molecule has 1 fully saturated rings. The van der Waals surface area contributed by atoms with E-state index in [0.717, 1.165) is 19.3 Å². The van der Waals surface area contributed by atoms with Gasteiger partial charge in [0.1, 0.15) is 0 Å². The lowest BCUT2D eigenvalue weighted by Gasteiger charge is -2.32. The van der Waals surface area contributed by atoms with Crippen molar-refractivity contribution in [1.82, 2.24) is 10.2 Å². The quantitative estimate of drug-likeness (QED) is 0.808. The summed E-state index contributed by atoms with van der Waals surface area (Å²) in [6.07, 6.45) is -1.80. The van der Waals surface area contributed by atoms with E-state index in [1.54, 1.807) is 6.92 Å². The van der Waals surface area contributed by atoms with E-state index in [-0.39, 0.29) is 18.3 Å². The molecule has 120 valence electrons. The lowest BCUT2D eigenvalue weighted by molar-refractivity contribution is -0.148. The molecule has 1 heterocycles. The molecule has 1 atom stereocenters. The van der Waals surface area contributed by atoms with E-state index < -0.39 is 18.8 Å². The highest BCUT2D eigenvalue weighted by Gasteiger charge is 2.32. The number of rotatable bonds is 5. The van der Waals surface area contributed by atoms with Gasteiger partial charge in [0.15, 0.2) is 0 Å². The number of nitrogens with zero attached hydrogens (tertiary/aromatic N) is 1. The highest BCUT2D eigenvalue weighted by Crippen LogP contribution is 2.23. The highest BCUT2D eigenvalue weighted by molar-refractivity contribution is 5.85. The molecule has 0 aromatic heterocycles. The van der Waals surface area contributed by atoms with E-state index in [1.807, 2.05) is 0 Å². The zero-order valence-electron chi connectivity index (χ0n) is 11.6. The van der Waals surface area contributed by atoms with Crippen LogP contribution in [-0.4, -0.2) is 49.2 Å². The fourth-order valence-electron chi connectivity index (χ4n) is 2.25. The van der Waals surface area contributed by atoms with Crippen molar-refractivity contribution in [2.24, 2.45) is 11.7 Å². The van der Waals surface area contributed by atoms with E-state index in [9.17, 15) is 18.0 Å².